The summed E-state index contributed by atoms with van der Waals surface area (Å²) in [7, 11) is -3.06. The normalized spacial score (nSPS) is 26.5. The Morgan fingerprint density at radius 3 is 2.44 bits per heavy atom. The fourth-order valence-corrected chi connectivity index (χ4v) is 7.92. The first-order chi connectivity index (χ1) is 11.6. The number of halogens is 1. The summed E-state index contributed by atoms with van der Waals surface area (Å²) < 4.78 is 25.2. The zero-order valence-corrected chi connectivity index (χ0v) is 17.8. The van der Waals surface area contributed by atoms with Crippen LogP contribution >= 0.6 is 27.7 Å². The molecule has 0 radical (unpaired) electrons. The van der Waals surface area contributed by atoms with E-state index in [9.17, 15) is 13.2 Å². The second kappa shape index (κ2) is 6.70. The van der Waals surface area contributed by atoms with Crippen LogP contribution in [0.5, 0.6) is 0 Å². The number of thioether (sulfide) groups is 1. The Balaban J connectivity index is 2.12. The van der Waals surface area contributed by atoms with Crippen LogP contribution in [0.25, 0.3) is 0 Å². The number of hydrogen-bond donors (Lipinski definition) is 0. The van der Waals surface area contributed by atoms with Crippen LogP contribution in [-0.2, 0) is 14.6 Å². The number of carbonyl (C=O) groups excluding carboxylic acids is 1. The monoisotopic (exact) mass is 444 g/mol. The van der Waals surface area contributed by atoms with Gasteiger partial charge in [0, 0.05) is 21.3 Å². The number of sulfone groups is 1. The molecule has 8 heteroatoms. The highest BCUT2D eigenvalue weighted by Crippen LogP contribution is 2.43. The lowest BCUT2D eigenvalue weighted by molar-refractivity contribution is -0.120. The summed E-state index contributed by atoms with van der Waals surface area (Å²) in [6.45, 7) is 7.63. The highest BCUT2D eigenvalue weighted by atomic mass is 79.9. The number of amides is 1. The lowest BCUT2D eigenvalue weighted by Crippen LogP contribution is -2.38. The topological polar surface area (TPSA) is 66.8 Å². The standard InChI is InChI=1S/C17H21BrN2O3S2/c1-9(2)16(21)19-17-20(13-7-25(22,23)8-14(13)24-17)15-10(3)5-12(18)6-11(15)4/h5-6,9,13-14H,7-8H2,1-4H3/t13-,14-/m1/s1. The molecular weight excluding hydrogens is 424 g/mol. The Morgan fingerprint density at radius 2 is 1.88 bits per heavy atom. The summed E-state index contributed by atoms with van der Waals surface area (Å²) in [6, 6.07) is 3.84. The van der Waals surface area contributed by atoms with Gasteiger partial charge >= 0.3 is 0 Å². The van der Waals surface area contributed by atoms with Crippen molar-refractivity contribution in [1.82, 2.24) is 0 Å². The molecule has 5 nitrogen and oxygen atoms in total. The Bertz CT molecular complexity index is 842. The van der Waals surface area contributed by atoms with Gasteiger partial charge in [0.25, 0.3) is 5.91 Å². The molecule has 3 rings (SSSR count). The van der Waals surface area contributed by atoms with Crippen LogP contribution in [0.3, 0.4) is 0 Å². The fourth-order valence-electron chi connectivity index (χ4n) is 3.33. The minimum Gasteiger partial charge on any atom is -0.315 e. The maximum atomic E-state index is 12.2. The molecule has 136 valence electrons. The van der Waals surface area contributed by atoms with Gasteiger partial charge in [0.1, 0.15) is 0 Å². The number of benzene rings is 1. The second-order valence-electron chi connectivity index (χ2n) is 6.95. The summed E-state index contributed by atoms with van der Waals surface area (Å²) >= 11 is 4.92. The largest absolute Gasteiger partial charge is 0.315 e. The predicted octanol–water partition coefficient (Wildman–Crippen LogP) is 3.32. The lowest BCUT2D eigenvalue weighted by atomic mass is 10.1. The maximum Gasteiger partial charge on any atom is 0.250 e. The second-order valence-corrected chi connectivity index (χ2v) is 11.2. The van der Waals surface area contributed by atoms with Crippen molar-refractivity contribution in [1.29, 1.82) is 0 Å². The molecule has 2 aliphatic rings. The van der Waals surface area contributed by atoms with E-state index in [1.165, 1.54) is 11.8 Å². The Labute approximate surface area is 161 Å². The van der Waals surface area contributed by atoms with Crippen LogP contribution in [0.15, 0.2) is 21.6 Å². The number of anilines is 1. The molecule has 1 amide bonds. The molecule has 25 heavy (non-hydrogen) atoms. The van der Waals surface area contributed by atoms with E-state index < -0.39 is 9.84 Å². The zero-order chi connectivity index (χ0) is 18.5. The molecule has 0 bridgehead atoms. The van der Waals surface area contributed by atoms with Gasteiger partial charge in [-0.3, -0.25) is 4.79 Å². The molecule has 0 N–H and O–H groups in total. The number of aliphatic imine (C=N–C) groups is 1. The van der Waals surface area contributed by atoms with Gasteiger partial charge in [0.05, 0.1) is 17.5 Å². The van der Waals surface area contributed by atoms with Gasteiger partial charge in [-0.2, -0.15) is 4.99 Å². The number of hydrogen-bond acceptors (Lipinski definition) is 4. The van der Waals surface area contributed by atoms with E-state index in [1.807, 2.05) is 44.7 Å². The molecule has 2 fully saturated rings. The van der Waals surface area contributed by atoms with Crippen molar-refractivity contribution in [2.24, 2.45) is 10.9 Å². The van der Waals surface area contributed by atoms with Gasteiger partial charge in [-0.05, 0) is 37.1 Å². The molecular formula is C17H21BrN2O3S2. The van der Waals surface area contributed by atoms with E-state index in [-0.39, 0.29) is 34.6 Å². The Morgan fingerprint density at radius 1 is 1.28 bits per heavy atom. The molecule has 0 saturated carbocycles. The first-order valence-corrected chi connectivity index (χ1v) is 11.6. The predicted molar refractivity (Wildman–Crippen MR) is 107 cm³/mol. The average molecular weight is 445 g/mol. The Hall–Kier alpha value is -0.860. The number of nitrogens with zero attached hydrogens (tertiary/aromatic N) is 2. The van der Waals surface area contributed by atoms with E-state index in [4.69, 9.17) is 0 Å². The Kier molecular flexibility index (Phi) is 5.07. The first kappa shape index (κ1) is 18.9. The van der Waals surface area contributed by atoms with Crippen molar-refractivity contribution in [3.63, 3.8) is 0 Å². The van der Waals surface area contributed by atoms with E-state index in [2.05, 4.69) is 20.9 Å². The van der Waals surface area contributed by atoms with Crippen molar-refractivity contribution < 1.29 is 13.2 Å². The van der Waals surface area contributed by atoms with Crippen molar-refractivity contribution in [3.8, 4) is 0 Å². The number of carbonyl (C=O) groups is 1. The first-order valence-electron chi connectivity index (χ1n) is 8.14. The van der Waals surface area contributed by atoms with Crippen LogP contribution < -0.4 is 4.90 Å². The van der Waals surface area contributed by atoms with Crippen molar-refractivity contribution in [2.45, 2.75) is 39.0 Å². The molecule has 1 aromatic carbocycles. The van der Waals surface area contributed by atoms with Crippen molar-refractivity contribution in [2.75, 3.05) is 16.4 Å². The van der Waals surface area contributed by atoms with Crippen LogP contribution in [0, 0.1) is 19.8 Å². The van der Waals surface area contributed by atoms with Gasteiger partial charge in [-0.1, -0.05) is 41.5 Å². The third-order valence-electron chi connectivity index (χ3n) is 4.46. The summed E-state index contributed by atoms with van der Waals surface area (Å²) in [5.74, 6) is -0.120. The molecule has 0 aromatic heterocycles. The third kappa shape index (κ3) is 3.66. The summed E-state index contributed by atoms with van der Waals surface area (Å²) in [4.78, 5) is 18.5. The van der Waals surface area contributed by atoms with Crippen molar-refractivity contribution >= 4 is 54.3 Å². The van der Waals surface area contributed by atoms with Crippen LogP contribution in [0.1, 0.15) is 25.0 Å². The van der Waals surface area contributed by atoms with Gasteiger partial charge in [-0.15, -0.1) is 0 Å². The number of rotatable bonds is 2. The van der Waals surface area contributed by atoms with Gasteiger partial charge in [0.2, 0.25) is 0 Å². The molecule has 0 spiro atoms. The van der Waals surface area contributed by atoms with Crippen LogP contribution in [0.4, 0.5) is 5.69 Å². The summed E-state index contributed by atoms with van der Waals surface area (Å²) in [6.07, 6.45) is 0. The van der Waals surface area contributed by atoms with Gasteiger partial charge in [-0.25, -0.2) is 8.42 Å². The zero-order valence-electron chi connectivity index (χ0n) is 14.6. The van der Waals surface area contributed by atoms with Crippen molar-refractivity contribution in [3.05, 3.63) is 27.7 Å². The molecule has 0 unspecified atom stereocenters. The molecule has 2 saturated heterocycles. The highest BCUT2D eigenvalue weighted by Gasteiger charge is 2.50. The number of amidine groups is 1. The summed E-state index contributed by atoms with van der Waals surface area (Å²) in [5, 5.41) is 0.545. The fraction of sp³-hybridized carbons (Fsp3) is 0.529. The minimum absolute atomic E-state index is 0.0776. The van der Waals surface area contributed by atoms with E-state index in [1.54, 1.807) is 0 Å². The third-order valence-corrected chi connectivity index (χ3v) is 8.13. The van der Waals surface area contributed by atoms with E-state index >= 15 is 0 Å². The highest BCUT2D eigenvalue weighted by molar-refractivity contribution is 9.10. The number of aryl methyl sites for hydroxylation is 2. The molecule has 0 aliphatic carbocycles. The minimum atomic E-state index is -3.06. The molecule has 1 aromatic rings. The molecule has 2 aliphatic heterocycles. The molecule has 2 heterocycles. The van der Waals surface area contributed by atoms with E-state index in [0.29, 0.717) is 5.17 Å². The maximum absolute atomic E-state index is 12.2. The van der Waals surface area contributed by atoms with Gasteiger partial charge in [0.15, 0.2) is 15.0 Å². The summed E-state index contributed by atoms with van der Waals surface area (Å²) in [5.41, 5.74) is 3.01. The lowest BCUT2D eigenvalue weighted by Gasteiger charge is -2.28. The van der Waals surface area contributed by atoms with Crippen LogP contribution in [-0.4, -0.2) is 42.3 Å². The molecule has 2 atom stereocenters. The van der Waals surface area contributed by atoms with Crippen LogP contribution in [0.2, 0.25) is 0 Å². The average Bonchev–Trinajstić information content (AvgIpc) is 2.90. The quantitative estimate of drug-likeness (QED) is 0.699. The number of fused-ring (bicyclic) bond motifs is 1. The SMILES string of the molecule is Cc1cc(Br)cc(C)c1N1C(=NC(=O)C(C)C)S[C@@H]2CS(=O)(=O)C[C@H]21. The smallest absolute Gasteiger partial charge is 0.250 e. The van der Waals surface area contributed by atoms with Gasteiger partial charge < -0.3 is 4.90 Å². The van der Waals surface area contributed by atoms with E-state index in [0.717, 1.165) is 21.3 Å².